The summed E-state index contributed by atoms with van der Waals surface area (Å²) in [7, 11) is -5.33. The van der Waals surface area contributed by atoms with Gasteiger partial charge in [-0.25, -0.2) is 8.98 Å². The molecule has 0 amide bonds. The Kier molecular flexibility index (Phi) is 7.61. The molecule has 2 unspecified atom stereocenters. The van der Waals surface area contributed by atoms with Gasteiger partial charge in [0.2, 0.25) is 0 Å². The molecule has 1 spiro atoms. The molecule has 2 aliphatic heterocycles. The van der Waals surface area contributed by atoms with Crippen molar-refractivity contribution >= 4 is 18.4 Å². The van der Waals surface area contributed by atoms with E-state index in [-0.39, 0.29) is 10.7 Å². The van der Waals surface area contributed by atoms with Gasteiger partial charge in [-0.1, -0.05) is 34.6 Å². The van der Waals surface area contributed by atoms with Crippen molar-refractivity contribution in [3.05, 3.63) is 43.7 Å². The summed E-state index contributed by atoms with van der Waals surface area (Å²) < 4.78 is 46.8. The lowest BCUT2D eigenvalue weighted by Crippen LogP contribution is -2.59. The van der Waals surface area contributed by atoms with E-state index in [2.05, 4.69) is 25.7 Å². The zero-order valence-electron chi connectivity index (χ0n) is 22.7. The summed E-state index contributed by atoms with van der Waals surface area (Å²) >= 11 is 0. The Balaban J connectivity index is 2.30. The summed E-state index contributed by atoms with van der Waals surface area (Å²) in [6, 6.07) is 0. The van der Waals surface area contributed by atoms with Gasteiger partial charge < -0.3 is 19.8 Å². The second kappa shape index (κ2) is 9.51. The lowest BCUT2D eigenvalue weighted by Gasteiger charge is -2.43. The number of likely N-dealkylation sites (N-methyl/N-ethyl adjacent to an activating group) is 1. The van der Waals surface area contributed by atoms with E-state index in [0.29, 0.717) is 25.2 Å². The van der Waals surface area contributed by atoms with Crippen molar-refractivity contribution in [2.75, 3.05) is 19.6 Å². The molecule has 1 saturated heterocycles. The first-order valence-electron chi connectivity index (χ1n) is 12.2. The highest BCUT2D eigenvalue weighted by Gasteiger charge is 2.67. The lowest BCUT2D eigenvalue weighted by atomic mass is 9.88. The van der Waals surface area contributed by atoms with Gasteiger partial charge in [0.15, 0.2) is 20.1 Å². The second-order valence-electron chi connectivity index (χ2n) is 11.1. The molecule has 11 nitrogen and oxygen atoms in total. The number of hydrogen-bond acceptors (Lipinski definition) is 9. The van der Waals surface area contributed by atoms with Gasteiger partial charge in [-0.05, 0) is 38.1 Å². The van der Waals surface area contributed by atoms with Crippen LogP contribution in [0.25, 0.3) is 0 Å². The SMILES string of the molecule is CCN(CC)CC1O[C@@H](n2cc(C)c(=O)n(C)c2=O)[C@H](O[Si](C)(C)C(C)(C)C)C12OS(=O)(=O)C=C2N. The van der Waals surface area contributed by atoms with Crippen molar-refractivity contribution < 1.29 is 21.8 Å². The Morgan fingerprint density at radius 1 is 1.22 bits per heavy atom. The maximum absolute atomic E-state index is 13.3. The van der Waals surface area contributed by atoms with Crippen LogP contribution in [0.1, 0.15) is 46.4 Å². The molecule has 3 rings (SSSR count). The van der Waals surface area contributed by atoms with Crippen molar-refractivity contribution in [1.29, 1.82) is 0 Å². The molecule has 204 valence electrons. The van der Waals surface area contributed by atoms with Gasteiger partial charge in [0.1, 0.15) is 12.2 Å². The predicted octanol–water partition coefficient (Wildman–Crippen LogP) is 1.38. The average molecular weight is 545 g/mol. The fraction of sp³-hybridized carbons (Fsp3) is 0.739. The molecular formula is C23H40N4O7SSi. The summed E-state index contributed by atoms with van der Waals surface area (Å²) in [6.45, 7) is 17.4. The number of hydrogen-bond donors (Lipinski definition) is 1. The fourth-order valence-corrected chi connectivity index (χ4v) is 6.98. The van der Waals surface area contributed by atoms with Gasteiger partial charge in [-0.3, -0.25) is 13.9 Å². The van der Waals surface area contributed by atoms with Gasteiger partial charge in [-0.2, -0.15) is 8.42 Å². The highest BCUT2D eigenvalue weighted by Crippen LogP contribution is 2.51. The third-order valence-electron chi connectivity index (χ3n) is 7.74. The van der Waals surface area contributed by atoms with Gasteiger partial charge in [0.05, 0.1) is 11.1 Å². The quantitative estimate of drug-likeness (QED) is 0.399. The molecule has 1 fully saturated rings. The van der Waals surface area contributed by atoms with E-state index in [4.69, 9.17) is 19.1 Å². The standard InChI is InChI=1S/C23H40N4O7SSi/c1-10-26(11-2)13-17-23(16(24)14-35(30,31)34-23)18(33-36(8,9)22(4,5)6)20(32-17)27-12-15(3)19(28)25(7)21(27)29/h12,14,17-18,20H,10-11,13,24H2,1-9H3/t17?,18-,20+,23?/m0/s1. The monoisotopic (exact) mass is 544 g/mol. The maximum Gasteiger partial charge on any atom is 0.332 e. The van der Waals surface area contributed by atoms with Crippen LogP contribution in [0.15, 0.2) is 26.9 Å². The minimum absolute atomic E-state index is 0.0274. The van der Waals surface area contributed by atoms with Crippen molar-refractivity contribution in [2.24, 2.45) is 12.8 Å². The maximum atomic E-state index is 13.3. The van der Waals surface area contributed by atoms with Gasteiger partial charge >= 0.3 is 5.69 Å². The highest BCUT2D eigenvalue weighted by molar-refractivity contribution is 7.90. The highest BCUT2D eigenvalue weighted by atomic mass is 32.2. The first kappa shape index (κ1) is 28.8. The molecule has 3 heterocycles. The van der Waals surface area contributed by atoms with Crippen LogP contribution in [0, 0.1) is 6.92 Å². The second-order valence-corrected chi connectivity index (χ2v) is 17.3. The minimum atomic E-state index is -4.12. The van der Waals surface area contributed by atoms with Crippen molar-refractivity contribution in [2.45, 2.75) is 83.7 Å². The Morgan fingerprint density at radius 3 is 2.28 bits per heavy atom. The molecule has 0 aromatic carbocycles. The Morgan fingerprint density at radius 2 is 1.81 bits per heavy atom. The number of ether oxygens (including phenoxy) is 1. The molecule has 1 aromatic heterocycles. The van der Waals surface area contributed by atoms with Gasteiger partial charge in [0.25, 0.3) is 15.7 Å². The summed E-state index contributed by atoms with van der Waals surface area (Å²) in [6.07, 6.45) is -1.59. The molecule has 2 N–H and O–H groups in total. The Hall–Kier alpha value is -1.77. The molecule has 4 atom stereocenters. The number of nitrogens with two attached hydrogens (primary N) is 1. The lowest BCUT2D eigenvalue weighted by molar-refractivity contribution is -0.0492. The van der Waals surface area contributed by atoms with E-state index in [0.717, 1.165) is 9.98 Å². The van der Waals surface area contributed by atoms with E-state index in [1.165, 1.54) is 17.8 Å². The van der Waals surface area contributed by atoms with Gasteiger partial charge in [0, 0.05) is 25.4 Å². The zero-order valence-corrected chi connectivity index (χ0v) is 24.5. The van der Waals surface area contributed by atoms with Crippen LogP contribution >= 0.6 is 0 Å². The first-order chi connectivity index (χ1) is 16.4. The summed E-state index contributed by atoms with van der Waals surface area (Å²) in [5, 5.41) is 0.654. The molecule has 0 radical (unpaired) electrons. The van der Waals surface area contributed by atoms with Crippen molar-refractivity contribution in [1.82, 2.24) is 14.0 Å². The van der Waals surface area contributed by atoms with Gasteiger partial charge in [-0.15, -0.1) is 0 Å². The van der Waals surface area contributed by atoms with Crippen molar-refractivity contribution in [3.8, 4) is 0 Å². The normalized spacial score (nSPS) is 28.3. The van der Waals surface area contributed by atoms with E-state index < -0.39 is 53.7 Å². The van der Waals surface area contributed by atoms with E-state index >= 15 is 0 Å². The summed E-state index contributed by atoms with van der Waals surface area (Å²) in [5.74, 6) is 0. The predicted molar refractivity (Wildman–Crippen MR) is 139 cm³/mol. The van der Waals surface area contributed by atoms with Crippen LogP contribution < -0.4 is 17.0 Å². The number of nitrogens with zero attached hydrogens (tertiary/aromatic N) is 3. The Labute approximate surface area is 214 Å². The fourth-order valence-electron chi connectivity index (χ4n) is 4.47. The Bertz CT molecular complexity index is 1260. The third kappa shape index (κ3) is 4.76. The van der Waals surface area contributed by atoms with Crippen LogP contribution in [-0.4, -0.2) is 68.2 Å². The molecular weight excluding hydrogens is 504 g/mol. The zero-order chi connectivity index (χ0) is 27.4. The summed E-state index contributed by atoms with van der Waals surface area (Å²) in [5.41, 5.74) is 4.02. The largest absolute Gasteiger partial charge is 0.406 e. The van der Waals surface area contributed by atoms with Crippen LogP contribution in [0.4, 0.5) is 0 Å². The van der Waals surface area contributed by atoms with E-state index in [9.17, 15) is 18.0 Å². The minimum Gasteiger partial charge on any atom is -0.406 e. The molecule has 0 bridgehead atoms. The number of aryl methyl sites for hydroxylation is 1. The van der Waals surface area contributed by atoms with E-state index in [1.807, 2.05) is 26.9 Å². The van der Waals surface area contributed by atoms with Crippen LogP contribution in [0.3, 0.4) is 0 Å². The smallest absolute Gasteiger partial charge is 0.332 e. The molecule has 1 aromatic rings. The molecule has 2 aliphatic rings. The van der Waals surface area contributed by atoms with E-state index in [1.54, 1.807) is 6.92 Å². The average Bonchev–Trinajstić information content (AvgIpc) is 3.18. The molecule has 13 heteroatoms. The van der Waals surface area contributed by atoms with Crippen LogP contribution in [-0.2, 0) is 30.5 Å². The van der Waals surface area contributed by atoms with Crippen molar-refractivity contribution in [3.63, 3.8) is 0 Å². The van der Waals surface area contributed by atoms with Crippen LogP contribution in [0.2, 0.25) is 18.1 Å². The van der Waals surface area contributed by atoms with Crippen LogP contribution in [0.5, 0.6) is 0 Å². The first-order valence-corrected chi connectivity index (χ1v) is 16.6. The molecule has 0 saturated carbocycles. The molecule has 36 heavy (non-hydrogen) atoms. The number of rotatable bonds is 7. The topological polar surface area (TPSA) is 135 Å². The molecule has 0 aliphatic carbocycles. The third-order valence-corrected chi connectivity index (χ3v) is 13.2. The summed E-state index contributed by atoms with van der Waals surface area (Å²) in [4.78, 5) is 27.8. The number of aromatic nitrogens is 2.